The van der Waals surface area contributed by atoms with Crippen LogP contribution in [0.25, 0.3) is 10.4 Å². The van der Waals surface area contributed by atoms with Crippen LogP contribution in [0.5, 0.6) is 0 Å². The van der Waals surface area contributed by atoms with Gasteiger partial charge < -0.3 is 19.7 Å². The zero-order valence-corrected chi connectivity index (χ0v) is 15.4. The summed E-state index contributed by atoms with van der Waals surface area (Å²) in [5.41, 5.74) is 9.36. The lowest BCUT2D eigenvalue weighted by Gasteiger charge is -2.42. The number of hydrogen-bond donors (Lipinski definition) is 2. The molecule has 0 spiro atoms. The van der Waals surface area contributed by atoms with Gasteiger partial charge in [-0.1, -0.05) is 65.4 Å². The lowest BCUT2D eigenvalue weighted by molar-refractivity contribution is -0.185. The summed E-state index contributed by atoms with van der Waals surface area (Å²) in [4.78, 5) is 3.85. The van der Waals surface area contributed by atoms with E-state index in [1.165, 1.54) is 11.8 Å². The highest BCUT2D eigenvalue weighted by molar-refractivity contribution is 7.99. The molecule has 0 saturated carbocycles. The maximum Gasteiger partial charge on any atom is 0.119 e. The van der Waals surface area contributed by atoms with E-state index in [1.54, 1.807) is 0 Å². The molecule has 0 aromatic heterocycles. The third-order valence-corrected chi connectivity index (χ3v) is 5.45. The van der Waals surface area contributed by atoms with E-state index >= 15 is 0 Å². The fraction of sp³-hybridized carbons (Fsp3) is 0.368. The predicted molar refractivity (Wildman–Crippen MR) is 102 cm³/mol. The molecule has 142 valence electrons. The van der Waals surface area contributed by atoms with Crippen molar-refractivity contribution in [1.82, 2.24) is 0 Å². The first-order valence-corrected chi connectivity index (χ1v) is 9.46. The summed E-state index contributed by atoms with van der Waals surface area (Å²) >= 11 is 1.37. The number of thioether (sulfide) groups is 1. The molecule has 2 N–H and O–H groups in total. The van der Waals surface area contributed by atoms with E-state index in [4.69, 9.17) is 15.0 Å². The van der Waals surface area contributed by atoms with Crippen LogP contribution in [0, 0.1) is 0 Å². The molecule has 8 heteroatoms. The molecule has 2 aromatic carbocycles. The second-order valence-electron chi connectivity index (χ2n) is 6.10. The van der Waals surface area contributed by atoms with Crippen molar-refractivity contribution in [3.05, 3.63) is 76.7 Å². The van der Waals surface area contributed by atoms with Crippen LogP contribution in [0.4, 0.5) is 0 Å². The van der Waals surface area contributed by atoms with Crippen LogP contribution in [0.2, 0.25) is 0 Å². The monoisotopic (exact) mass is 387 g/mol. The van der Waals surface area contributed by atoms with Crippen molar-refractivity contribution in [1.29, 1.82) is 0 Å². The van der Waals surface area contributed by atoms with Gasteiger partial charge >= 0.3 is 0 Å². The molecule has 1 unspecified atom stereocenters. The van der Waals surface area contributed by atoms with Gasteiger partial charge in [-0.3, -0.25) is 0 Å². The normalized spacial score (nSPS) is 27.7. The molecule has 1 aliphatic rings. The minimum Gasteiger partial charge on any atom is -0.394 e. The standard InChI is InChI=1S/C19H21N3O4S/c20-22-21-16-18(25-12-13-7-3-1-4-8-13)17(24)15(11-23)26-19(16)27-14-9-5-2-6-10-14/h1-10,15-19,23-24H,11-12H2/t15-,16-,17-,18-,19?/m1/s1. The van der Waals surface area contributed by atoms with Crippen molar-refractivity contribution in [3.63, 3.8) is 0 Å². The highest BCUT2D eigenvalue weighted by atomic mass is 32.2. The summed E-state index contributed by atoms with van der Waals surface area (Å²) in [5, 5.41) is 24.0. The summed E-state index contributed by atoms with van der Waals surface area (Å²) in [7, 11) is 0. The molecule has 2 aromatic rings. The smallest absolute Gasteiger partial charge is 0.119 e. The third kappa shape index (κ3) is 5.01. The van der Waals surface area contributed by atoms with Crippen molar-refractivity contribution in [2.75, 3.05) is 6.61 Å². The van der Waals surface area contributed by atoms with Crippen LogP contribution in [0.1, 0.15) is 5.56 Å². The molecular weight excluding hydrogens is 366 g/mol. The fourth-order valence-electron chi connectivity index (χ4n) is 2.93. The molecule has 5 atom stereocenters. The molecule has 0 radical (unpaired) electrons. The number of hydrogen-bond acceptors (Lipinski definition) is 6. The number of ether oxygens (including phenoxy) is 2. The van der Waals surface area contributed by atoms with Crippen LogP contribution in [0.15, 0.2) is 70.7 Å². The molecule has 1 aliphatic heterocycles. The second-order valence-corrected chi connectivity index (χ2v) is 7.28. The number of aliphatic hydroxyl groups excluding tert-OH is 2. The average Bonchev–Trinajstić information content (AvgIpc) is 2.71. The van der Waals surface area contributed by atoms with Crippen molar-refractivity contribution in [2.45, 2.75) is 41.3 Å². The Balaban J connectivity index is 1.81. The van der Waals surface area contributed by atoms with Crippen LogP contribution in [-0.4, -0.2) is 46.6 Å². The van der Waals surface area contributed by atoms with Crippen LogP contribution in [0.3, 0.4) is 0 Å². The maximum atomic E-state index is 10.6. The number of nitrogens with zero attached hydrogens (tertiary/aromatic N) is 3. The van der Waals surface area contributed by atoms with Gasteiger partial charge in [0.1, 0.15) is 23.7 Å². The van der Waals surface area contributed by atoms with Crippen molar-refractivity contribution in [3.8, 4) is 0 Å². The summed E-state index contributed by atoms with van der Waals surface area (Å²) in [5.74, 6) is 0. The van der Waals surface area contributed by atoms with E-state index < -0.39 is 29.8 Å². The summed E-state index contributed by atoms with van der Waals surface area (Å²) in [6.45, 7) is -0.109. The van der Waals surface area contributed by atoms with Crippen molar-refractivity contribution >= 4 is 11.8 Å². The van der Waals surface area contributed by atoms with Gasteiger partial charge in [-0.05, 0) is 23.2 Å². The molecule has 1 saturated heterocycles. The first kappa shape index (κ1) is 19.7. The van der Waals surface area contributed by atoms with Gasteiger partial charge in [0.25, 0.3) is 0 Å². The van der Waals surface area contributed by atoms with E-state index in [0.29, 0.717) is 0 Å². The lowest BCUT2D eigenvalue weighted by Crippen LogP contribution is -2.57. The van der Waals surface area contributed by atoms with Crippen molar-refractivity contribution in [2.24, 2.45) is 5.11 Å². The van der Waals surface area contributed by atoms with Crippen LogP contribution >= 0.6 is 11.8 Å². The van der Waals surface area contributed by atoms with Gasteiger partial charge in [-0.25, -0.2) is 0 Å². The van der Waals surface area contributed by atoms with Crippen LogP contribution < -0.4 is 0 Å². The Morgan fingerprint density at radius 3 is 2.41 bits per heavy atom. The zero-order chi connectivity index (χ0) is 19.1. The van der Waals surface area contributed by atoms with E-state index in [1.807, 2.05) is 60.7 Å². The average molecular weight is 387 g/mol. The molecule has 27 heavy (non-hydrogen) atoms. The highest BCUT2D eigenvalue weighted by Gasteiger charge is 2.45. The Morgan fingerprint density at radius 2 is 1.78 bits per heavy atom. The van der Waals surface area contributed by atoms with E-state index in [-0.39, 0.29) is 13.2 Å². The Kier molecular flexibility index (Phi) is 7.11. The quantitative estimate of drug-likeness (QED) is 0.431. The predicted octanol–water partition coefficient (Wildman–Crippen LogP) is 3.12. The summed E-state index contributed by atoms with van der Waals surface area (Å²) in [6.07, 6.45) is -2.73. The minimum absolute atomic E-state index is 0.251. The Bertz CT molecular complexity index is 758. The van der Waals surface area contributed by atoms with E-state index in [9.17, 15) is 10.2 Å². The molecule has 1 heterocycles. The molecule has 0 bridgehead atoms. The minimum atomic E-state index is -1.11. The van der Waals surface area contributed by atoms with Gasteiger partial charge in [0.15, 0.2) is 0 Å². The van der Waals surface area contributed by atoms with E-state index in [0.717, 1.165) is 10.5 Å². The topological polar surface area (TPSA) is 108 Å². The van der Waals surface area contributed by atoms with Gasteiger partial charge in [-0.15, -0.1) is 0 Å². The molecular formula is C19H21N3O4S. The molecule has 3 rings (SSSR count). The Hall–Kier alpha value is -2.06. The highest BCUT2D eigenvalue weighted by Crippen LogP contribution is 2.36. The lowest BCUT2D eigenvalue weighted by atomic mass is 9.98. The van der Waals surface area contributed by atoms with Crippen molar-refractivity contribution < 1.29 is 19.7 Å². The molecule has 0 amide bonds. The van der Waals surface area contributed by atoms with Crippen LogP contribution in [-0.2, 0) is 16.1 Å². The maximum absolute atomic E-state index is 10.6. The zero-order valence-electron chi connectivity index (χ0n) is 14.5. The third-order valence-electron chi connectivity index (χ3n) is 4.29. The fourth-order valence-corrected chi connectivity index (χ4v) is 4.06. The first-order valence-electron chi connectivity index (χ1n) is 8.58. The first-order chi connectivity index (χ1) is 13.2. The number of benzene rings is 2. The molecule has 7 nitrogen and oxygen atoms in total. The molecule has 0 aliphatic carbocycles. The van der Waals surface area contributed by atoms with Gasteiger partial charge in [0.2, 0.25) is 0 Å². The Labute approximate surface area is 161 Å². The Morgan fingerprint density at radius 1 is 1.11 bits per heavy atom. The second kappa shape index (κ2) is 9.75. The number of aliphatic hydroxyl groups is 2. The summed E-state index contributed by atoms with van der Waals surface area (Å²) in [6, 6.07) is 18.3. The number of rotatable bonds is 7. The van der Waals surface area contributed by atoms with Gasteiger partial charge in [-0.2, -0.15) is 0 Å². The number of azide groups is 1. The van der Waals surface area contributed by atoms with Gasteiger partial charge in [0.05, 0.1) is 19.3 Å². The van der Waals surface area contributed by atoms with E-state index in [2.05, 4.69) is 10.0 Å². The SMILES string of the molecule is [N-]=[N+]=N[C@H]1C(Sc2ccccc2)O[C@H](CO)[C@@H](O)[C@@H]1OCc1ccccc1. The van der Waals surface area contributed by atoms with Gasteiger partial charge in [0, 0.05) is 9.81 Å². The summed E-state index contributed by atoms with van der Waals surface area (Å²) < 4.78 is 11.7. The molecule has 1 fully saturated rings. The largest absolute Gasteiger partial charge is 0.394 e.